The summed E-state index contributed by atoms with van der Waals surface area (Å²) in [6.07, 6.45) is 5.64. The molecule has 0 saturated heterocycles. The van der Waals surface area contributed by atoms with Gasteiger partial charge in [0.2, 0.25) is 0 Å². The van der Waals surface area contributed by atoms with Gasteiger partial charge in [-0.25, -0.2) is 0 Å². The van der Waals surface area contributed by atoms with Gasteiger partial charge < -0.3 is 4.90 Å². The van der Waals surface area contributed by atoms with Gasteiger partial charge in [-0.15, -0.1) is 0 Å². The van der Waals surface area contributed by atoms with Gasteiger partial charge in [0.1, 0.15) is 0 Å². The number of aromatic nitrogens is 1. The van der Waals surface area contributed by atoms with Crippen molar-refractivity contribution in [2.24, 2.45) is 0 Å². The number of halogens is 2. The Hall–Kier alpha value is -1.39. The van der Waals surface area contributed by atoms with Gasteiger partial charge in [-0.1, -0.05) is 33.6 Å². The number of hydrogen-bond acceptors (Lipinski definition) is 2. The molecular formula is C16H14BrClN2O. The first kappa shape index (κ1) is 14.5. The Bertz CT molecular complexity index is 659. The predicted molar refractivity (Wildman–Crippen MR) is 86.3 cm³/mol. The van der Waals surface area contributed by atoms with Gasteiger partial charge in [0.15, 0.2) is 0 Å². The van der Waals surface area contributed by atoms with E-state index in [1.54, 1.807) is 24.5 Å². The quantitative estimate of drug-likeness (QED) is 0.809. The molecule has 0 radical (unpaired) electrons. The molecule has 5 heteroatoms. The monoisotopic (exact) mass is 364 g/mol. The van der Waals surface area contributed by atoms with Crippen LogP contribution in [-0.4, -0.2) is 21.8 Å². The smallest absolute Gasteiger partial charge is 0.255 e. The van der Waals surface area contributed by atoms with Crippen LogP contribution in [0.1, 0.15) is 28.8 Å². The largest absolute Gasteiger partial charge is 0.331 e. The molecular weight excluding hydrogens is 352 g/mol. The highest BCUT2D eigenvalue weighted by molar-refractivity contribution is 9.10. The number of pyridine rings is 1. The molecule has 0 N–H and O–H groups in total. The maximum Gasteiger partial charge on any atom is 0.255 e. The lowest BCUT2D eigenvalue weighted by molar-refractivity contribution is 0.0730. The van der Waals surface area contributed by atoms with E-state index in [0.29, 0.717) is 23.2 Å². The van der Waals surface area contributed by atoms with Crippen LogP contribution in [0.2, 0.25) is 5.02 Å². The molecule has 1 fully saturated rings. The Morgan fingerprint density at radius 2 is 2.19 bits per heavy atom. The third kappa shape index (κ3) is 3.44. The van der Waals surface area contributed by atoms with E-state index in [2.05, 4.69) is 20.9 Å². The number of rotatable bonds is 4. The Kier molecular flexibility index (Phi) is 4.27. The highest BCUT2D eigenvalue weighted by Gasteiger charge is 2.33. The van der Waals surface area contributed by atoms with Crippen molar-refractivity contribution < 1.29 is 4.79 Å². The number of benzene rings is 1. The van der Waals surface area contributed by atoms with Crippen LogP contribution >= 0.6 is 27.5 Å². The van der Waals surface area contributed by atoms with Gasteiger partial charge in [0.05, 0.1) is 10.6 Å². The fourth-order valence-corrected chi connectivity index (χ4v) is 2.82. The third-order valence-corrected chi connectivity index (χ3v) is 4.31. The summed E-state index contributed by atoms with van der Waals surface area (Å²) in [6, 6.07) is 9.54. The number of amides is 1. The Labute approximate surface area is 137 Å². The second-order valence-corrected chi connectivity index (χ2v) is 6.47. The van der Waals surface area contributed by atoms with E-state index < -0.39 is 0 Å². The van der Waals surface area contributed by atoms with Crippen molar-refractivity contribution in [2.75, 3.05) is 0 Å². The number of nitrogens with zero attached hydrogens (tertiary/aromatic N) is 2. The molecule has 1 aliphatic rings. The maximum atomic E-state index is 12.8. The van der Waals surface area contributed by atoms with Gasteiger partial charge in [-0.05, 0) is 42.7 Å². The summed E-state index contributed by atoms with van der Waals surface area (Å²) in [6.45, 7) is 0.570. The summed E-state index contributed by atoms with van der Waals surface area (Å²) < 4.78 is 0.854. The number of hydrogen-bond donors (Lipinski definition) is 0. The summed E-state index contributed by atoms with van der Waals surface area (Å²) in [4.78, 5) is 18.8. The molecule has 3 rings (SSSR count). The molecule has 0 atom stereocenters. The number of carbonyl (C=O) groups excluding carboxylic acids is 1. The lowest BCUT2D eigenvalue weighted by atomic mass is 10.1. The molecule has 0 unspecified atom stereocenters. The van der Waals surface area contributed by atoms with Crippen LogP contribution in [0.15, 0.2) is 47.2 Å². The summed E-state index contributed by atoms with van der Waals surface area (Å²) in [5.41, 5.74) is 1.57. The normalized spacial score (nSPS) is 14.0. The third-order valence-electron chi connectivity index (χ3n) is 3.48. The van der Waals surface area contributed by atoms with Crippen molar-refractivity contribution in [3.8, 4) is 0 Å². The van der Waals surface area contributed by atoms with Crippen LogP contribution in [-0.2, 0) is 6.54 Å². The molecule has 0 bridgehead atoms. The molecule has 0 aliphatic heterocycles. The molecule has 21 heavy (non-hydrogen) atoms. The van der Waals surface area contributed by atoms with Crippen LogP contribution in [0, 0.1) is 0 Å². The van der Waals surface area contributed by atoms with E-state index in [9.17, 15) is 4.79 Å². The minimum absolute atomic E-state index is 0.0207. The Balaban J connectivity index is 1.87. The van der Waals surface area contributed by atoms with E-state index in [1.807, 2.05) is 23.1 Å². The molecule has 3 nitrogen and oxygen atoms in total. The van der Waals surface area contributed by atoms with E-state index in [0.717, 1.165) is 22.9 Å². The molecule has 1 heterocycles. The van der Waals surface area contributed by atoms with Crippen molar-refractivity contribution in [1.82, 2.24) is 9.88 Å². The minimum Gasteiger partial charge on any atom is -0.331 e. The van der Waals surface area contributed by atoms with E-state index in [-0.39, 0.29) is 5.91 Å². The average Bonchev–Trinajstić information content (AvgIpc) is 3.32. The molecule has 1 aliphatic carbocycles. The zero-order valence-electron chi connectivity index (χ0n) is 11.3. The summed E-state index contributed by atoms with van der Waals surface area (Å²) in [7, 11) is 0. The van der Waals surface area contributed by atoms with Crippen LogP contribution in [0.5, 0.6) is 0 Å². The lowest BCUT2D eigenvalue weighted by Crippen LogP contribution is -2.32. The van der Waals surface area contributed by atoms with Crippen molar-refractivity contribution in [1.29, 1.82) is 0 Å². The number of carbonyl (C=O) groups is 1. The topological polar surface area (TPSA) is 33.2 Å². The van der Waals surface area contributed by atoms with Crippen molar-refractivity contribution in [2.45, 2.75) is 25.4 Å². The first-order chi connectivity index (χ1) is 10.1. The van der Waals surface area contributed by atoms with Gasteiger partial charge in [0, 0.05) is 29.5 Å². The van der Waals surface area contributed by atoms with Crippen molar-refractivity contribution in [3.05, 3.63) is 63.3 Å². The molecule has 1 saturated carbocycles. The second kappa shape index (κ2) is 6.16. The van der Waals surface area contributed by atoms with Crippen LogP contribution in [0.3, 0.4) is 0 Å². The fourth-order valence-electron chi connectivity index (χ4n) is 2.26. The first-order valence-electron chi connectivity index (χ1n) is 6.80. The zero-order valence-corrected chi connectivity index (χ0v) is 13.6. The summed E-state index contributed by atoms with van der Waals surface area (Å²) in [5, 5.41) is 0.486. The zero-order chi connectivity index (χ0) is 14.8. The minimum atomic E-state index is -0.0207. The van der Waals surface area contributed by atoms with Crippen molar-refractivity contribution >= 4 is 33.4 Å². The molecule has 1 aromatic heterocycles. The average molecular weight is 366 g/mol. The molecule has 1 aromatic carbocycles. The SMILES string of the molecule is O=C(c1cc(Br)ccc1Cl)N(Cc1cccnc1)C1CC1. The van der Waals surface area contributed by atoms with Crippen LogP contribution < -0.4 is 0 Å². The van der Waals surface area contributed by atoms with E-state index in [1.165, 1.54) is 0 Å². The summed E-state index contributed by atoms with van der Waals surface area (Å²) in [5.74, 6) is -0.0207. The Morgan fingerprint density at radius 3 is 2.86 bits per heavy atom. The molecule has 2 aromatic rings. The Morgan fingerprint density at radius 1 is 1.38 bits per heavy atom. The molecule has 108 valence electrons. The maximum absolute atomic E-state index is 12.8. The highest BCUT2D eigenvalue weighted by Crippen LogP contribution is 2.31. The standard InChI is InChI=1S/C16H14BrClN2O/c17-12-3-6-15(18)14(8-12)16(21)20(13-4-5-13)10-11-2-1-7-19-9-11/h1-3,6-9,13H,4-5,10H2. The summed E-state index contributed by atoms with van der Waals surface area (Å²) >= 11 is 9.58. The van der Waals surface area contributed by atoms with Gasteiger partial charge in [-0.3, -0.25) is 9.78 Å². The van der Waals surface area contributed by atoms with Crippen LogP contribution in [0.4, 0.5) is 0 Å². The predicted octanol–water partition coefficient (Wildman–Crippen LogP) is 4.30. The van der Waals surface area contributed by atoms with Gasteiger partial charge in [-0.2, -0.15) is 0 Å². The molecule has 0 spiro atoms. The van der Waals surface area contributed by atoms with Gasteiger partial charge >= 0.3 is 0 Å². The van der Waals surface area contributed by atoms with E-state index in [4.69, 9.17) is 11.6 Å². The highest BCUT2D eigenvalue weighted by atomic mass is 79.9. The second-order valence-electron chi connectivity index (χ2n) is 5.15. The molecule has 1 amide bonds. The van der Waals surface area contributed by atoms with Crippen molar-refractivity contribution in [3.63, 3.8) is 0 Å². The first-order valence-corrected chi connectivity index (χ1v) is 7.97. The van der Waals surface area contributed by atoms with Crippen LogP contribution in [0.25, 0.3) is 0 Å². The van der Waals surface area contributed by atoms with Gasteiger partial charge in [0.25, 0.3) is 5.91 Å². The van der Waals surface area contributed by atoms with E-state index >= 15 is 0 Å². The lowest BCUT2D eigenvalue weighted by Gasteiger charge is -2.23. The fraction of sp³-hybridized carbons (Fsp3) is 0.250.